The lowest BCUT2D eigenvalue weighted by molar-refractivity contribution is -0.0899. The van der Waals surface area contributed by atoms with Crippen molar-refractivity contribution in [2.24, 2.45) is 5.84 Å². The van der Waals surface area contributed by atoms with E-state index < -0.39 is 0 Å². The van der Waals surface area contributed by atoms with Gasteiger partial charge in [-0.1, -0.05) is 17.7 Å². The first-order valence-corrected chi connectivity index (χ1v) is 6.92. The molecule has 5 heteroatoms. The summed E-state index contributed by atoms with van der Waals surface area (Å²) in [6, 6.07) is 5.61. The van der Waals surface area contributed by atoms with Crippen LogP contribution >= 0.6 is 11.6 Å². The third kappa shape index (κ3) is 3.03. The Bertz CT molecular complexity index is 433. The lowest BCUT2D eigenvalue weighted by Gasteiger charge is -2.40. The van der Waals surface area contributed by atoms with Gasteiger partial charge in [0.2, 0.25) is 0 Å². The predicted octanol–water partition coefficient (Wildman–Crippen LogP) is 2.81. The lowest BCUT2D eigenvalue weighted by atomic mass is 9.84. The standard InChI is InChI=1S/C14H21ClN2O2/c1-14(7-3-4-8-19-14)13(17-16)10-5-6-11(15)12(9-10)18-2/h5-6,9,13,17H,3-4,7-8,16H2,1-2H3. The van der Waals surface area contributed by atoms with Crippen molar-refractivity contribution in [3.05, 3.63) is 28.8 Å². The molecule has 2 unspecified atom stereocenters. The fraction of sp³-hybridized carbons (Fsp3) is 0.571. The van der Waals surface area contributed by atoms with Crippen molar-refractivity contribution in [2.45, 2.75) is 37.8 Å². The summed E-state index contributed by atoms with van der Waals surface area (Å²) < 4.78 is 11.2. The van der Waals surface area contributed by atoms with Gasteiger partial charge >= 0.3 is 0 Å². The van der Waals surface area contributed by atoms with E-state index in [9.17, 15) is 0 Å². The maximum Gasteiger partial charge on any atom is 0.137 e. The first kappa shape index (κ1) is 14.6. The molecule has 19 heavy (non-hydrogen) atoms. The Balaban J connectivity index is 2.30. The quantitative estimate of drug-likeness (QED) is 0.659. The molecule has 4 nitrogen and oxygen atoms in total. The molecule has 3 N–H and O–H groups in total. The number of ether oxygens (including phenoxy) is 2. The number of benzene rings is 1. The van der Waals surface area contributed by atoms with Gasteiger partial charge < -0.3 is 9.47 Å². The predicted molar refractivity (Wildman–Crippen MR) is 76.3 cm³/mol. The average molecular weight is 285 g/mol. The minimum absolute atomic E-state index is 0.0843. The van der Waals surface area contributed by atoms with Crippen LogP contribution in [0.15, 0.2) is 18.2 Å². The molecule has 0 aromatic heterocycles. The van der Waals surface area contributed by atoms with E-state index in [1.54, 1.807) is 7.11 Å². The molecule has 0 bridgehead atoms. The fourth-order valence-electron chi connectivity index (χ4n) is 2.66. The maximum absolute atomic E-state index is 6.06. The molecule has 2 atom stereocenters. The highest BCUT2D eigenvalue weighted by Gasteiger charge is 2.37. The molecule has 1 fully saturated rings. The Morgan fingerprint density at radius 3 is 2.84 bits per heavy atom. The zero-order valence-corrected chi connectivity index (χ0v) is 12.2. The zero-order valence-electron chi connectivity index (χ0n) is 11.4. The number of nitrogens with one attached hydrogen (secondary N) is 1. The fourth-order valence-corrected chi connectivity index (χ4v) is 2.86. The SMILES string of the molecule is COc1cc(C(NN)C2(C)CCCCO2)ccc1Cl. The number of hydrogen-bond acceptors (Lipinski definition) is 4. The van der Waals surface area contributed by atoms with Crippen LogP contribution in [0.5, 0.6) is 5.75 Å². The summed E-state index contributed by atoms with van der Waals surface area (Å²) >= 11 is 6.06. The van der Waals surface area contributed by atoms with Crippen LogP contribution in [-0.4, -0.2) is 19.3 Å². The molecule has 0 amide bonds. The summed E-state index contributed by atoms with van der Waals surface area (Å²) in [7, 11) is 1.61. The molecule has 0 radical (unpaired) electrons. The third-order valence-electron chi connectivity index (χ3n) is 3.79. The van der Waals surface area contributed by atoms with Crippen molar-refractivity contribution >= 4 is 11.6 Å². The van der Waals surface area contributed by atoms with Gasteiger partial charge in [-0.25, -0.2) is 0 Å². The van der Waals surface area contributed by atoms with E-state index in [1.165, 1.54) is 0 Å². The van der Waals surface area contributed by atoms with E-state index in [0.717, 1.165) is 31.4 Å². The molecule has 1 aliphatic heterocycles. The van der Waals surface area contributed by atoms with Crippen molar-refractivity contribution < 1.29 is 9.47 Å². The largest absolute Gasteiger partial charge is 0.495 e. The highest BCUT2D eigenvalue weighted by Crippen LogP contribution is 2.38. The van der Waals surface area contributed by atoms with E-state index in [4.69, 9.17) is 26.9 Å². The normalized spacial score (nSPS) is 25.1. The number of rotatable bonds is 4. The van der Waals surface area contributed by atoms with Crippen LogP contribution in [0.2, 0.25) is 5.02 Å². The molecule has 1 aromatic rings. The summed E-state index contributed by atoms with van der Waals surface area (Å²) in [4.78, 5) is 0. The summed E-state index contributed by atoms with van der Waals surface area (Å²) in [5.74, 6) is 6.40. The first-order chi connectivity index (χ1) is 9.10. The number of nitrogens with two attached hydrogens (primary N) is 1. The van der Waals surface area contributed by atoms with Crippen molar-refractivity contribution in [1.82, 2.24) is 5.43 Å². The molecular formula is C14H21ClN2O2. The van der Waals surface area contributed by atoms with Crippen LogP contribution in [0, 0.1) is 0 Å². The molecule has 106 valence electrons. The molecular weight excluding hydrogens is 264 g/mol. The van der Waals surface area contributed by atoms with Gasteiger partial charge in [0.15, 0.2) is 0 Å². The van der Waals surface area contributed by atoms with Gasteiger partial charge in [-0.3, -0.25) is 11.3 Å². The van der Waals surface area contributed by atoms with E-state index in [1.807, 2.05) is 18.2 Å². The number of hydrogen-bond donors (Lipinski definition) is 2. The minimum Gasteiger partial charge on any atom is -0.495 e. The molecule has 0 spiro atoms. The van der Waals surface area contributed by atoms with Crippen molar-refractivity contribution in [2.75, 3.05) is 13.7 Å². The Hall–Kier alpha value is -0.810. The van der Waals surface area contributed by atoms with E-state index in [0.29, 0.717) is 10.8 Å². The molecule has 1 saturated heterocycles. The number of methoxy groups -OCH3 is 1. The molecule has 0 aliphatic carbocycles. The Labute approximate surface area is 119 Å². The van der Waals surface area contributed by atoms with Crippen LogP contribution < -0.4 is 16.0 Å². The summed E-state index contributed by atoms with van der Waals surface area (Å²) in [5.41, 5.74) is 3.60. The van der Waals surface area contributed by atoms with Gasteiger partial charge in [-0.05, 0) is 43.9 Å². The lowest BCUT2D eigenvalue weighted by Crippen LogP contribution is -2.48. The molecule has 1 aliphatic rings. The Kier molecular flexibility index (Phi) is 4.68. The zero-order chi connectivity index (χ0) is 13.9. The molecule has 1 heterocycles. The average Bonchev–Trinajstić information content (AvgIpc) is 2.42. The Morgan fingerprint density at radius 2 is 2.26 bits per heavy atom. The van der Waals surface area contributed by atoms with E-state index in [2.05, 4.69) is 12.3 Å². The third-order valence-corrected chi connectivity index (χ3v) is 4.10. The van der Waals surface area contributed by atoms with E-state index in [-0.39, 0.29) is 11.6 Å². The Morgan fingerprint density at radius 1 is 1.47 bits per heavy atom. The highest BCUT2D eigenvalue weighted by atomic mass is 35.5. The van der Waals surface area contributed by atoms with Gasteiger partial charge in [0.05, 0.1) is 23.8 Å². The van der Waals surface area contributed by atoms with Gasteiger partial charge in [0.25, 0.3) is 0 Å². The van der Waals surface area contributed by atoms with Gasteiger partial charge in [0.1, 0.15) is 5.75 Å². The highest BCUT2D eigenvalue weighted by molar-refractivity contribution is 6.32. The van der Waals surface area contributed by atoms with Gasteiger partial charge in [0, 0.05) is 6.61 Å². The second-order valence-corrected chi connectivity index (χ2v) is 5.52. The van der Waals surface area contributed by atoms with Crippen LogP contribution in [0.3, 0.4) is 0 Å². The number of hydrazine groups is 1. The van der Waals surface area contributed by atoms with Crippen molar-refractivity contribution in [3.63, 3.8) is 0 Å². The number of halogens is 1. The van der Waals surface area contributed by atoms with E-state index >= 15 is 0 Å². The van der Waals surface area contributed by atoms with Crippen molar-refractivity contribution in [1.29, 1.82) is 0 Å². The molecule has 0 saturated carbocycles. The maximum atomic E-state index is 6.06. The first-order valence-electron chi connectivity index (χ1n) is 6.54. The van der Waals surface area contributed by atoms with Crippen LogP contribution in [0.25, 0.3) is 0 Å². The van der Waals surface area contributed by atoms with Gasteiger partial charge in [-0.15, -0.1) is 0 Å². The van der Waals surface area contributed by atoms with Crippen LogP contribution in [0.4, 0.5) is 0 Å². The van der Waals surface area contributed by atoms with Gasteiger partial charge in [-0.2, -0.15) is 0 Å². The second kappa shape index (κ2) is 6.09. The van der Waals surface area contributed by atoms with Crippen LogP contribution in [-0.2, 0) is 4.74 Å². The topological polar surface area (TPSA) is 56.5 Å². The summed E-state index contributed by atoms with van der Waals surface area (Å²) in [6.07, 6.45) is 3.24. The second-order valence-electron chi connectivity index (χ2n) is 5.11. The smallest absolute Gasteiger partial charge is 0.137 e. The van der Waals surface area contributed by atoms with Crippen molar-refractivity contribution in [3.8, 4) is 5.75 Å². The van der Waals surface area contributed by atoms with Crippen LogP contribution in [0.1, 0.15) is 37.8 Å². The summed E-state index contributed by atoms with van der Waals surface area (Å²) in [6.45, 7) is 2.87. The monoisotopic (exact) mass is 284 g/mol. The molecule has 1 aromatic carbocycles. The summed E-state index contributed by atoms with van der Waals surface area (Å²) in [5, 5.41) is 0.594. The molecule has 2 rings (SSSR count). The minimum atomic E-state index is -0.300.